The molecule has 1 aromatic rings. The second-order valence-corrected chi connectivity index (χ2v) is 4.34. The van der Waals surface area contributed by atoms with Crippen LogP contribution in [0.2, 0.25) is 0 Å². The molecule has 0 aromatic carbocycles. The molecule has 1 N–H and O–H groups in total. The molecule has 1 rings (SSSR count). The van der Waals surface area contributed by atoms with E-state index in [2.05, 4.69) is 29.3 Å². The summed E-state index contributed by atoms with van der Waals surface area (Å²) in [6.07, 6.45) is 0. The highest BCUT2D eigenvalue weighted by atomic mass is 79.9. The maximum atomic E-state index is 8.71. The monoisotopic (exact) mass is 252 g/mol. The largest absolute Gasteiger partial charge is 1.00 e. The number of aryl methyl sites for hydroxylation is 2. The van der Waals surface area contributed by atoms with Crippen molar-refractivity contribution in [2.45, 2.75) is 26.1 Å². The van der Waals surface area contributed by atoms with Gasteiger partial charge in [0.1, 0.15) is 0 Å². The zero-order chi connectivity index (χ0) is 8.27. The minimum Gasteiger partial charge on any atom is -1.00 e. The second-order valence-electron chi connectivity index (χ2n) is 2.55. The Hall–Kier alpha value is 0.0700. The molecule has 0 bridgehead atoms. The maximum absolute atomic E-state index is 8.71. The number of aromatic nitrogens is 1. The Bertz CT molecular complexity index is 237. The van der Waals surface area contributed by atoms with Crippen LogP contribution < -0.4 is 21.5 Å². The van der Waals surface area contributed by atoms with Crippen LogP contribution in [0.3, 0.4) is 0 Å². The highest BCUT2D eigenvalue weighted by Crippen LogP contribution is 2.16. The van der Waals surface area contributed by atoms with Gasteiger partial charge in [-0.05, 0) is 6.92 Å². The molecule has 4 heteroatoms. The summed E-state index contributed by atoms with van der Waals surface area (Å²) >= 11 is 0. The van der Waals surface area contributed by atoms with E-state index in [1.165, 1.54) is 5.69 Å². The molecule has 0 saturated carbocycles. The summed E-state index contributed by atoms with van der Waals surface area (Å²) in [6, 6.07) is 0. The lowest BCUT2D eigenvalue weighted by atomic mass is 10.5. The van der Waals surface area contributed by atoms with Crippen LogP contribution in [-0.2, 0) is 12.3 Å². The van der Waals surface area contributed by atoms with Crippen LogP contribution in [0.4, 0.5) is 0 Å². The van der Waals surface area contributed by atoms with Gasteiger partial charge in [-0.2, -0.15) is 4.57 Å². The van der Waals surface area contributed by atoms with Gasteiger partial charge >= 0.3 is 5.51 Å². The van der Waals surface area contributed by atoms with E-state index in [-0.39, 0.29) is 27.5 Å². The number of aliphatic hydroxyl groups is 1. The lowest BCUT2D eigenvalue weighted by Crippen LogP contribution is -3.00. The smallest absolute Gasteiger partial charge is 0.369 e. The van der Waals surface area contributed by atoms with Crippen LogP contribution in [0.1, 0.15) is 12.6 Å². The van der Waals surface area contributed by atoms with Gasteiger partial charge in [0.25, 0.3) is 0 Å². The molecule has 0 radical (unpaired) electrons. The fourth-order valence-electron chi connectivity index (χ4n) is 1.10. The summed E-state index contributed by atoms with van der Waals surface area (Å²) in [5.41, 5.74) is 3.54. The van der Waals surface area contributed by atoms with Gasteiger partial charge in [-0.15, -0.1) is 0 Å². The minimum atomic E-state index is 0. The van der Waals surface area contributed by atoms with Crippen LogP contribution in [0, 0.1) is 6.92 Å². The number of halogens is 1. The number of rotatable bonds is 3. The summed E-state index contributed by atoms with van der Waals surface area (Å²) in [5.74, 6) is 0.883. The Labute approximate surface area is 86.6 Å². The van der Waals surface area contributed by atoms with E-state index >= 15 is 0 Å². The third-order valence-electron chi connectivity index (χ3n) is 1.71. The summed E-state index contributed by atoms with van der Waals surface area (Å²) in [4.78, 5) is 0. The van der Waals surface area contributed by atoms with Crippen molar-refractivity contribution in [3.05, 3.63) is 16.6 Å². The van der Waals surface area contributed by atoms with Gasteiger partial charge in [0.05, 0.1) is 6.61 Å². The van der Waals surface area contributed by atoms with E-state index in [4.69, 9.17) is 5.11 Å². The number of thiazole rings is 1. The van der Waals surface area contributed by atoms with E-state index in [1.54, 1.807) is 0 Å². The van der Waals surface area contributed by atoms with Crippen molar-refractivity contribution >= 4 is 10.5 Å². The summed E-state index contributed by atoms with van der Waals surface area (Å²) < 4.78 is 2.23. The molecule has 70 valence electrons. The van der Waals surface area contributed by atoms with Gasteiger partial charge in [0.2, 0.25) is 11.1 Å². The van der Waals surface area contributed by atoms with Crippen molar-refractivity contribution in [2.75, 3.05) is 6.61 Å². The predicted octanol–water partition coefficient (Wildman–Crippen LogP) is -1.95. The molecule has 2 nitrogen and oxygen atoms in total. The maximum Gasteiger partial charge on any atom is 0.369 e. The van der Waals surface area contributed by atoms with E-state index < -0.39 is 0 Å². The normalized spacial score (nSPS) is 11.1. The van der Waals surface area contributed by atoms with Crippen LogP contribution >= 0.6 is 10.5 Å². The Balaban J connectivity index is 0.00000121. The molecule has 1 heterocycles. The quantitative estimate of drug-likeness (QED) is 0.491. The molecule has 0 fully saturated rings. The van der Waals surface area contributed by atoms with E-state index in [0.717, 1.165) is 12.3 Å². The third-order valence-corrected chi connectivity index (χ3v) is 3.53. The van der Waals surface area contributed by atoms with Gasteiger partial charge in [0.15, 0.2) is 12.3 Å². The molecule has 0 aliphatic carbocycles. The van der Waals surface area contributed by atoms with Gasteiger partial charge in [-0.1, -0.05) is 0 Å². The van der Waals surface area contributed by atoms with E-state index in [9.17, 15) is 0 Å². The Morgan fingerprint density at radius 3 is 2.67 bits per heavy atom. The van der Waals surface area contributed by atoms with Gasteiger partial charge in [-0.25, -0.2) is 0 Å². The molecule has 0 amide bonds. The van der Waals surface area contributed by atoms with Crippen LogP contribution in [-0.4, -0.2) is 11.7 Å². The van der Waals surface area contributed by atoms with Gasteiger partial charge in [-0.3, -0.25) is 0 Å². The number of nitrogens with zero attached hydrogens (tertiary/aromatic N) is 1. The Morgan fingerprint density at radius 1 is 1.58 bits per heavy atom. The molecular formula is C8H15BrNOS+. The van der Waals surface area contributed by atoms with Crippen molar-refractivity contribution < 1.29 is 26.7 Å². The van der Waals surface area contributed by atoms with Gasteiger partial charge < -0.3 is 22.1 Å². The number of aliphatic hydroxyl groups excluding tert-OH is 1. The lowest BCUT2D eigenvalue weighted by Gasteiger charge is -1.79. The lowest BCUT2D eigenvalue weighted by molar-refractivity contribution is -0.694. The molecule has 12 heavy (non-hydrogen) atoms. The minimum absolute atomic E-state index is 0. The first-order chi connectivity index (χ1) is 5.27. The molecular weight excluding hydrogens is 238 g/mol. The molecule has 1 unspecified atom stereocenters. The fraction of sp³-hybridized carbons (Fsp3) is 0.625. The summed E-state index contributed by atoms with van der Waals surface area (Å²) in [7, 11) is 0.202. The summed E-state index contributed by atoms with van der Waals surface area (Å²) in [6.45, 7) is 5.59. The topological polar surface area (TPSA) is 24.1 Å². The first-order valence-corrected chi connectivity index (χ1v) is 5.39. The van der Waals surface area contributed by atoms with Crippen LogP contribution in [0.15, 0.2) is 10.9 Å². The van der Waals surface area contributed by atoms with Crippen molar-refractivity contribution in [1.29, 1.82) is 0 Å². The van der Waals surface area contributed by atoms with Crippen molar-refractivity contribution in [3.63, 3.8) is 0 Å². The summed E-state index contributed by atoms with van der Waals surface area (Å²) in [5, 5.41) is 10.9. The van der Waals surface area contributed by atoms with E-state index in [1.807, 2.05) is 0 Å². The Morgan fingerprint density at radius 2 is 2.25 bits per heavy atom. The zero-order valence-corrected chi connectivity index (χ0v) is 9.86. The molecule has 0 aliphatic rings. The second kappa shape index (κ2) is 5.67. The highest BCUT2D eigenvalue weighted by Gasteiger charge is 2.16. The Kier molecular flexibility index (Phi) is 5.70. The number of hydrogen-bond acceptors (Lipinski definition) is 1. The predicted molar refractivity (Wildman–Crippen MR) is 46.6 cm³/mol. The first kappa shape index (κ1) is 12.1. The number of hydrogen-bond donors (Lipinski definition) is 1. The molecule has 0 aliphatic heterocycles. The highest BCUT2D eigenvalue weighted by molar-refractivity contribution is 7.27. The average Bonchev–Trinajstić information content (AvgIpc) is 2.32. The molecule has 1 aromatic heterocycles. The molecule has 0 spiro atoms. The van der Waals surface area contributed by atoms with Crippen LogP contribution in [0.25, 0.3) is 0 Å². The van der Waals surface area contributed by atoms with Crippen molar-refractivity contribution in [1.82, 2.24) is 0 Å². The first-order valence-electron chi connectivity index (χ1n) is 3.87. The fourth-order valence-corrected chi connectivity index (χ4v) is 2.82. The zero-order valence-electron chi connectivity index (χ0n) is 7.46. The SMILES string of the molecule is CC[n+]1c[s+](CCO)cc1C.[Br-]. The molecule has 1 atom stereocenters. The van der Waals surface area contributed by atoms with E-state index in [0.29, 0.717) is 6.61 Å². The van der Waals surface area contributed by atoms with Crippen LogP contribution in [0.5, 0.6) is 0 Å². The van der Waals surface area contributed by atoms with Crippen molar-refractivity contribution in [3.8, 4) is 0 Å². The van der Waals surface area contributed by atoms with Gasteiger partial charge in [0, 0.05) is 17.4 Å². The third kappa shape index (κ3) is 2.84. The van der Waals surface area contributed by atoms with Crippen molar-refractivity contribution in [2.24, 2.45) is 0 Å². The standard InChI is InChI=1S/C8H15NOS.BrH/c1-3-9-7-11(5-4-10)6-8(9)2;/h6-7,10H,3-5H2,1-2H3;1H/q+2;/p-1. The molecule has 0 saturated heterocycles. The average molecular weight is 253 g/mol.